The molecule has 0 radical (unpaired) electrons. The molecule has 0 aliphatic heterocycles. The van der Waals surface area contributed by atoms with E-state index < -0.39 is 0 Å². The van der Waals surface area contributed by atoms with Crippen molar-refractivity contribution in [3.05, 3.63) is 36.2 Å². The van der Waals surface area contributed by atoms with Crippen LogP contribution in [-0.4, -0.2) is 22.4 Å². The zero-order chi connectivity index (χ0) is 12.1. The first-order valence-electron chi connectivity index (χ1n) is 4.97. The summed E-state index contributed by atoms with van der Waals surface area (Å²) in [5, 5.41) is 3.19. The lowest BCUT2D eigenvalue weighted by molar-refractivity contribution is -0.115. The zero-order valence-electron chi connectivity index (χ0n) is 9.21. The van der Waals surface area contributed by atoms with Crippen LogP contribution < -0.4 is 10.1 Å². The summed E-state index contributed by atoms with van der Waals surface area (Å²) in [5.74, 6) is 0.671. The first-order valence-corrected chi connectivity index (χ1v) is 5.75. The third-order valence-corrected chi connectivity index (χ3v) is 2.71. The zero-order valence-corrected chi connectivity index (χ0v) is 10.0. The maximum atomic E-state index is 11.6. The van der Waals surface area contributed by atoms with Crippen molar-refractivity contribution in [3.63, 3.8) is 0 Å². The lowest BCUT2D eigenvalue weighted by atomic mass is 10.1. The Labute approximate surface area is 103 Å². The van der Waals surface area contributed by atoms with Crippen molar-refractivity contribution in [2.24, 2.45) is 0 Å². The van der Waals surface area contributed by atoms with Crippen LogP contribution in [0.15, 0.2) is 30.6 Å². The van der Waals surface area contributed by atoms with Gasteiger partial charge in [0.2, 0.25) is 11.0 Å². The van der Waals surface area contributed by atoms with Gasteiger partial charge in [0.15, 0.2) is 0 Å². The summed E-state index contributed by atoms with van der Waals surface area (Å²) in [4.78, 5) is 15.5. The average molecular weight is 249 g/mol. The number of carbonyl (C=O) groups excluding carboxylic acids is 1. The van der Waals surface area contributed by atoms with Gasteiger partial charge >= 0.3 is 0 Å². The number of hydrogen-bond acceptors (Lipinski definition) is 5. The average Bonchev–Trinajstić information content (AvgIpc) is 2.82. The van der Waals surface area contributed by atoms with Gasteiger partial charge in [0.1, 0.15) is 12.1 Å². The molecule has 0 aliphatic rings. The van der Waals surface area contributed by atoms with E-state index in [0.29, 0.717) is 11.6 Å². The Hall–Kier alpha value is -1.95. The molecule has 88 valence electrons. The molecule has 0 spiro atoms. The first-order chi connectivity index (χ1) is 8.28. The molecular weight excluding hydrogens is 238 g/mol. The van der Waals surface area contributed by atoms with Crippen LogP contribution >= 0.6 is 11.5 Å². The van der Waals surface area contributed by atoms with E-state index in [0.717, 1.165) is 22.8 Å². The van der Waals surface area contributed by atoms with Gasteiger partial charge < -0.3 is 10.1 Å². The molecule has 0 bridgehead atoms. The predicted molar refractivity (Wildman–Crippen MR) is 65.2 cm³/mol. The molecule has 1 amide bonds. The van der Waals surface area contributed by atoms with Gasteiger partial charge in [0.25, 0.3) is 0 Å². The number of rotatable bonds is 4. The largest absolute Gasteiger partial charge is 0.497 e. The van der Waals surface area contributed by atoms with Crippen LogP contribution in [0.3, 0.4) is 0 Å². The van der Waals surface area contributed by atoms with Gasteiger partial charge in [0.05, 0.1) is 13.5 Å². The molecule has 1 heterocycles. The van der Waals surface area contributed by atoms with E-state index in [-0.39, 0.29) is 5.91 Å². The second kappa shape index (κ2) is 5.40. The number of amides is 1. The number of ether oxygens (including phenoxy) is 1. The molecule has 2 rings (SSSR count). The molecule has 17 heavy (non-hydrogen) atoms. The maximum Gasteiger partial charge on any atom is 0.230 e. The van der Waals surface area contributed by atoms with E-state index in [1.807, 2.05) is 24.3 Å². The highest BCUT2D eigenvalue weighted by atomic mass is 32.1. The van der Waals surface area contributed by atoms with E-state index in [4.69, 9.17) is 4.74 Å². The summed E-state index contributed by atoms with van der Waals surface area (Å²) in [7, 11) is 1.61. The Balaban J connectivity index is 1.93. The second-order valence-electron chi connectivity index (χ2n) is 3.32. The topological polar surface area (TPSA) is 64.1 Å². The molecule has 0 aliphatic carbocycles. The second-order valence-corrected chi connectivity index (χ2v) is 4.10. The van der Waals surface area contributed by atoms with Crippen LogP contribution in [0.25, 0.3) is 0 Å². The minimum Gasteiger partial charge on any atom is -0.497 e. The van der Waals surface area contributed by atoms with Crippen molar-refractivity contribution >= 4 is 22.6 Å². The smallest absolute Gasteiger partial charge is 0.230 e. The lowest BCUT2D eigenvalue weighted by Gasteiger charge is -2.03. The monoisotopic (exact) mass is 249 g/mol. The standard InChI is InChI=1S/C11H11N3O2S/c1-16-9-4-2-8(3-5-9)6-10(15)14-11-12-7-13-17-11/h2-5,7H,6H2,1H3,(H,12,13,14,15). The number of benzene rings is 1. The Morgan fingerprint density at radius 1 is 1.41 bits per heavy atom. The normalized spacial score (nSPS) is 9.94. The molecule has 2 aromatic rings. The number of anilines is 1. The molecule has 0 atom stereocenters. The van der Waals surface area contributed by atoms with Crippen molar-refractivity contribution in [1.29, 1.82) is 0 Å². The molecule has 1 N–H and O–H groups in total. The molecule has 6 heteroatoms. The Kier molecular flexibility index (Phi) is 3.66. The van der Waals surface area contributed by atoms with Crippen LogP contribution in [0.1, 0.15) is 5.56 Å². The van der Waals surface area contributed by atoms with Crippen LogP contribution in [0.5, 0.6) is 5.75 Å². The number of aromatic nitrogens is 2. The van der Waals surface area contributed by atoms with Gasteiger partial charge in [-0.15, -0.1) is 0 Å². The van der Waals surface area contributed by atoms with Crippen LogP contribution in [-0.2, 0) is 11.2 Å². The molecule has 5 nitrogen and oxygen atoms in total. The van der Waals surface area contributed by atoms with Crippen molar-refractivity contribution in [2.45, 2.75) is 6.42 Å². The summed E-state index contributed by atoms with van der Waals surface area (Å²) in [6.45, 7) is 0. The van der Waals surface area contributed by atoms with E-state index in [9.17, 15) is 4.79 Å². The summed E-state index contributed by atoms with van der Waals surface area (Å²) in [6.07, 6.45) is 1.72. The summed E-state index contributed by atoms with van der Waals surface area (Å²) in [6, 6.07) is 7.37. The molecule has 1 aromatic heterocycles. The van der Waals surface area contributed by atoms with Crippen LogP contribution in [0.4, 0.5) is 5.13 Å². The fourth-order valence-electron chi connectivity index (χ4n) is 1.32. The number of nitrogens with zero attached hydrogens (tertiary/aromatic N) is 2. The van der Waals surface area contributed by atoms with E-state index in [2.05, 4.69) is 14.7 Å². The SMILES string of the molecule is COc1ccc(CC(=O)Nc2ncns2)cc1. The minimum absolute atomic E-state index is 0.105. The minimum atomic E-state index is -0.105. The Bertz CT molecular complexity index is 482. The molecule has 0 saturated heterocycles. The Morgan fingerprint density at radius 3 is 2.76 bits per heavy atom. The van der Waals surface area contributed by atoms with Crippen molar-refractivity contribution in [1.82, 2.24) is 9.36 Å². The summed E-state index contributed by atoms with van der Waals surface area (Å²) < 4.78 is 8.85. The highest BCUT2D eigenvalue weighted by molar-refractivity contribution is 7.09. The van der Waals surface area contributed by atoms with Gasteiger partial charge in [-0.25, -0.2) is 4.98 Å². The highest BCUT2D eigenvalue weighted by Gasteiger charge is 2.05. The summed E-state index contributed by atoms with van der Waals surface area (Å²) >= 11 is 1.15. The first kappa shape index (κ1) is 11.5. The summed E-state index contributed by atoms with van der Waals surface area (Å²) in [5.41, 5.74) is 0.924. The van der Waals surface area contributed by atoms with Gasteiger partial charge in [-0.05, 0) is 17.7 Å². The highest BCUT2D eigenvalue weighted by Crippen LogP contribution is 2.13. The third kappa shape index (κ3) is 3.25. The predicted octanol–water partition coefficient (Wildman–Crippen LogP) is 1.73. The van der Waals surface area contributed by atoms with Gasteiger partial charge in [-0.2, -0.15) is 4.37 Å². The number of carbonyl (C=O) groups is 1. The number of hydrogen-bond donors (Lipinski definition) is 1. The maximum absolute atomic E-state index is 11.6. The molecular formula is C11H11N3O2S. The Morgan fingerprint density at radius 2 is 2.18 bits per heavy atom. The fraction of sp³-hybridized carbons (Fsp3) is 0.182. The van der Waals surface area contributed by atoms with E-state index >= 15 is 0 Å². The number of nitrogens with one attached hydrogen (secondary N) is 1. The molecule has 1 aromatic carbocycles. The van der Waals surface area contributed by atoms with Crippen molar-refractivity contribution in [3.8, 4) is 5.75 Å². The quantitative estimate of drug-likeness (QED) is 0.896. The fourth-order valence-corrected chi connectivity index (χ4v) is 1.77. The third-order valence-electron chi connectivity index (χ3n) is 2.13. The van der Waals surface area contributed by atoms with E-state index in [1.165, 1.54) is 6.33 Å². The van der Waals surface area contributed by atoms with Crippen LogP contribution in [0, 0.1) is 0 Å². The van der Waals surface area contributed by atoms with Gasteiger partial charge in [-0.3, -0.25) is 4.79 Å². The molecule has 0 unspecified atom stereocenters. The van der Waals surface area contributed by atoms with E-state index in [1.54, 1.807) is 7.11 Å². The molecule has 0 fully saturated rings. The van der Waals surface area contributed by atoms with Gasteiger partial charge in [-0.1, -0.05) is 12.1 Å². The molecule has 0 saturated carbocycles. The number of methoxy groups -OCH3 is 1. The lowest BCUT2D eigenvalue weighted by Crippen LogP contribution is -2.14. The van der Waals surface area contributed by atoms with Crippen molar-refractivity contribution < 1.29 is 9.53 Å². The van der Waals surface area contributed by atoms with Gasteiger partial charge in [0, 0.05) is 11.5 Å². The van der Waals surface area contributed by atoms with Crippen LogP contribution in [0.2, 0.25) is 0 Å². The van der Waals surface area contributed by atoms with Crippen molar-refractivity contribution in [2.75, 3.05) is 12.4 Å².